The summed E-state index contributed by atoms with van der Waals surface area (Å²) < 4.78 is 5.95. The minimum absolute atomic E-state index is 0.0167. The Kier molecular flexibility index (Phi) is 6.04. The van der Waals surface area contributed by atoms with E-state index in [2.05, 4.69) is 15.2 Å². The molecule has 2 saturated heterocycles. The van der Waals surface area contributed by atoms with Crippen LogP contribution in [-0.4, -0.2) is 66.2 Å². The predicted molar refractivity (Wildman–Crippen MR) is 92.8 cm³/mol. The molecule has 3 heterocycles. The standard InChI is InChI=1S/C18H28N4O2/c1-15-6-4-7-19-17(15)12-20-18(23)22-10-5-11-24-16(14-22)13-21-8-2-3-9-21/h4,6-7,16H,2-3,5,8-14H2,1H3,(H,20,23)/t16-/m0/s1. The summed E-state index contributed by atoms with van der Waals surface area (Å²) in [6.45, 7) is 7.90. The maximum absolute atomic E-state index is 12.5. The molecule has 6 heteroatoms. The summed E-state index contributed by atoms with van der Waals surface area (Å²) in [5.74, 6) is 0. The fourth-order valence-electron chi connectivity index (χ4n) is 3.42. The Bertz CT molecular complexity index is 546. The molecule has 2 aliphatic heterocycles. The van der Waals surface area contributed by atoms with Crippen molar-refractivity contribution in [1.82, 2.24) is 20.1 Å². The maximum atomic E-state index is 12.5. The molecule has 0 aliphatic carbocycles. The number of carbonyl (C=O) groups excluding carboxylic acids is 1. The number of likely N-dealkylation sites (tertiary alicyclic amines) is 1. The van der Waals surface area contributed by atoms with Gasteiger partial charge >= 0.3 is 6.03 Å². The van der Waals surface area contributed by atoms with Crippen LogP contribution in [0.5, 0.6) is 0 Å². The average molecular weight is 332 g/mol. The Balaban J connectivity index is 1.51. The molecule has 0 aromatic carbocycles. The summed E-state index contributed by atoms with van der Waals surface area (Å²) in [5.41, 5.74) is 2.02. The zero-order valence-electron chi connectivity index (χ0n) is 14.5. The van der Waals surface area contributed by atoms with Crippen LogP contribution < -0.4 is 5.32 Å². The number of aryl methyl sites for hydroxylation is 1. The number of pyridine rings is 1. The lowest BCUT2D eigenvalue weighted by Crippen LogP contribution is -2.45. The van der Waals surface area contributed by atoms with Gasteiger partial charge in [0, 0.05) is 32.4 Å². The first-order valence-corrected chi connectivity index (χ1v) is 8.99. The number of aromatic nitrogens is 1. The number of nitrogens with zero attached hydrogens (tertiary/aromatic N) is 3. The van der Waals surface area contributed by atoms with Crippen LogP contribution in [0.25, 0.3) is 0 Å². The second-order valence-corrected chi connectivity index (χ2v) is 6.73. The zero-order chi connectivity index (χ0) is 16.8. The molecule has 2 aliphatic rings. The summed E-state index contributed by atoms with van der Waals surface area (Å²) in [6.07, 6.45) is 5.33. The Morgan fingerprint density at radius 3 is 2.96 bits per heavy atom. The van der Waals surface area contributed by atoms with E-state index in [1.54, 1.807) is 6.20 Å². The van der Waals surface area contributed by atoms with Gasteiger partial charge in [0.2, 0.25) is 0 Å². The molecule has 0 radical (unpaired) electrons. The quantitative estimate of drug-likeness (QED) is 0.913. The van der Waals surface area contributed by atoms with Gasteiger partial charge in [-0.1, -0.05) is 6.07 Å². The highest BCUT2D eigenvalue weighted by molar-refractivity contribution is 5.74. The zero-order valence-corrected chi connectivity index (χ0v) is 14.5. The molecular weight excluding hydrogens is 304 g/mol. The van der Waals surface area contributed by atoms with E-state index in [1.165, 1.54) is 12.8 Å². The van der Waals surface area contributed by atoms with Gasteiger partial charge in [-0.3, -0.25) is 4.98 Å². The van der Waals surface area contributed by atoms with E-state index in [-0.39, 0.29) is 12.1 Å². The lowest BCUT2D eigenvalue weighted by atomic mass is 10.2. The molecule has 0 spiro atoms. The minimum atomic E-state index is -0.0167. The number of carbonyl (C=O) groups is 1. The SMILES string of the molecule is Cc1cccnc1CNC(=O)N1CCCO[C@@H](CN2CCCC2)C1. The third-order valence-electron chi connectivity index (χ3n) is 4.82. The van der Waals surface area contributed by atoms with E-state index < -0.39 is 0 Å². The van der Waals surface area contributed by atoms with E-state index in [0.717, 1.165) is 50.5 Å². The van der Waals surface area contributed by atoms with Crippen molar-refractivity contribution < 1.29 is 9.53 Å². The highest BCUT2D eigenvalue weighted by Gasteiger charge is 2.25. The maximum Gasteiger partial charge on any atom is 0.317 e. The van der Waals surface area contributed by atoms with E-state index in [9.17, 15) is 4.79 Å². The van der Waals surface area contributed by atoms with Gasteiger partial charge in [0.05, 0.1) is 18.3 Å². The number of rotatable bonds is 4. The lowest BCUT2D eigenvalue weighted by Gasteiger charge is -2.27. The molecule has 1 N–H and O–H groups in total. The lowest BCUT2D eigenvalue weighted by molar-refractivity contribution is 0.0349. The molecule has 1 atom stereocenters. The van der Waals surface area contributed by atoms with Gasteiger partial charge < -0.3 is 19.9 Å². The van der Waals surface area contributed by atoms with Crippen molar-refractivity contribution in [3.05, 3.63) is 29.6 Å². The Hall–Kier alpha value is -1.66. The number of hydrogen-bond donors (Lipinski definition) is 1. The molecule has 2 amide bonds. The molecule has 1 aromatic heterocycles. The summed E-state index contributed by atoms with van der Waals surface area (Å²) >= 11 is 0. The first-order chi connectivity index (χ1) is 11.7. The summed E-state index contributed by atoms with van der Waals surface area (Å²) in [5, 5.41) is 3.01. The fraction of sp³-hybridized carbons (Fsp3) is 0.667. The van der Waals surface area contributed by atoms with Gasteiger partial charge in [-0.05, 0) is 50.9 Å². The van der Waals surface area contributed by atoms with Crippen molar-refractivity contribution in [3.8, 4) is 0 Å². The first-order valence-electron chi connectivity index (χ1n) is 8.99. The van der Waals surface area contributed by atoms with E-state index in [4.69, 9.17) is 4.74 Å². The van der Waals surface area contributed by atoms with Crippen molar-refractivity contribution in [2.24, 2.45) is 0 Å². The Morgan fingerprint density at radius 2 is 2.17 bits per heavy atom. The van der Waals surface area contributed by atoms with Gasteiger partial charge in [-0.25, -0.2) is 4.79 Å². The Morgan fingerprint density at radius 1 is 1.33 bits per heavy atom. The first kappa shape index (κ1) is 17.2. The highest BCUT2D eigenvalue weighted by Crippen LogP contribution is 2.13. The van der Waals surface area contributed by atoms with Crippen LogP contribution in [-0.2, 0) is 11.3 Å². The van der Waals surface area contributed by atoms with Crippen LogP contribution in [0, 0.1) is 6.92 Å². The monoisotopic (exact) mass is 332 g/mol. The molecule has 0 saturated carbocycles. The van der Waals surface area contributed by atoms with Crippen molar-refractivity contribution in [2.75, 3.05) is 39.3 Å². The fourth-order valence-corrected chi connectivity index (χ4v) is 3.42. The second kappa shape index (κ2) is 8.44. The molecule has 0 bridgehead atoms. The van der Waals surface area contributed by atoms with E-state index >= 15 is 0 Å². The molecule has 132 valence electrons. The van der Waals surface area contributed by atoms with Crippen molar-refractivity contribution in [3.63, 3.8) is 0 Å². The second-order valence-electron chi connectivity index (χ2n) is 6.73. The molecule has 2 fully saturated rings. The number of amides is 2. The van der Waals surface area contributed by atoms with Crippen LogP contribution in [0.1, 0.15) is 30.5 Å². The van der Waals surface area contributed by atoms with Gasteiger partial charge in [-0.2, -0.15) is 0 Å². The van der Waals surface area contributed by atoms with Crippen molar-refractivity contribution in [1.29, 1.82) is 0 Å². The van der Waals surface area contributed by atoms with Crippen LogP contribution in [0.3, 0.4) is 0 Å². The normalized spacial score (nSPS) is 22.4. The molecule has 3 rings (SSSR count). The highest BCUT2D eigenvalue weighted by atomic mass is 16.5. The molecule has 1 aromatic rings. The topological polar surface area (TPSA) is 57.7 Å². The molecule has 24 heavy (non-hydrogen) atoms. The van der Waals surface area contributed by atoms with Gasteiger partial charge in [0.1, 0.15) is 0 Å². The van der Waals surface area contributed by atoms with E-state index in [1.807, 2.05) is 24.0 Å². The van der Waals surface area contributed by atoms with Gasteiger partial charge in [-0.15, -0.1) is 0 Å². The minimum Gasteiger partial charge on any atom is -0.375 e. The summed E-state index contributed by atoms with van der Waals surface area (Å²) in [7, 11) is 0. The summed E-state index contributed by atoms with van der Waals surface area (Å²) in [4.78, 5) is 21.2. The van der Waals surface area contributed by atoms with Crippen LogP contribution in [0.4, 0.5) is 4.79 Å². The Labute approximate surface area is 144 Å². The van der Waals surface area contributed by atoms with Gasteiger partial charge in [0.25, 0.3) is 0 Å². The van der Waals surface area contributed by atoms with Crippen LogP contribution in [0.2, 0.25) is 0 Å². The third-order valence-corrected chi connectivity index (χ3v) is 4.82. The smallest absolute Gasteiger partial charge is 0.317 e. The van der Waals surface area contributed by atoms with E-state index in [0.29, 0.717) is 13.1 Å². The van der Waals surface area contributed by atoms with Crippen molar-refractivity contribution >= 4 is 6.03 Å². The predicted octanol–water partition coefficient (Wildman–Crippen LogP) is 1.79. The molecule has 6 nitrogen and oxygen atoms in total. The molecule has 0 unspecified atom stereocenters. The number of nitrogens with one attached hydrogen (secondary N) is 1. The largest absolute Gasteiger partial charge is 0.375 e. The van der Waals surface area contributed by atoms with Crippen molar-refractivity contribution in [2.45, 2.75) is 38.8 Å². The number of hydrogen-bond acceptors (Lipinski definition) is 4. The van der Waals surface area contributed by atoms with Crippen LogP contribution in [0.15, 0.2) is 18.3 Å². The molecular formula is C18H28N4O2. The van der Waals surface area contributed by atoms with Crippen LogP contribution >= 0.6 is 0 Å². The average Bonchev–Trinajstić information content (AvgIpc) is 2.98. The number of ether oxygens (including phenoxy) is 1. The van der Waals surface area contributed by atoms with Gasteiger partial charge in [0.15, 0.2) is 0 Å². The third kappa shape index (κ3) is 4.68. The number of urea groups is 1. The summed E-state index contributed by atoms with van der Waals surface area (Å²) in [6, 6.07) is 3.91.